The van der Waals surface area contributed by atoms with Gasteiger partial charge in [0.1, 0.15) is 5.82 Å². The molecular weight excluding hydrogens is 198 g/mol. The Bertz CT molecular complexity index is 483. The molecule has 1 fully saturated rings. The zero-order valence-electron chi connectivity index (χ0n) is 9.13. The van der Waals surface area contributed by atoms with Gasteiger partial charge in [-0.3, -0.25) is 0 Å². The van der Waals surface area contributed by atoms with Crippen LogP contribution in [0.15, 0.2) is 36.5 Å². The minimum absolute atomic E-state index is 0.671. The number of nitrogens with two attached hydrogens (primary N) is 1. The van der Waals surface area contributed by atoms with E-state index in [9.17, 15) is 0 Å². The number of hydrogen-bond donors (Lipinski definition) is 1. The number of aromatic nitrogens is 2. The molecule has 16 heavy (non-hydrogen) atoms. The van der Waals surface area contributed by atoms with Crippen molar-refractivity contribution in [2.45, 2.75) is 25.3 Å². The van der Waals surface area contributed by atoms with Crippen LogP contribution in [0.25, 0.3) is 0 Å². The van der Waals surface area contributed by atoms with Crippen molar-refractivity contribution in [3.63, 3.8) is 0 Å². The lowest BCUT2D eigenvalue weighted by atomic mass is 10.2. The summed E-state index contributed by atoms with van der Waals surface area (Å²) in [5, 5.41) is 4.36. The Morgan fingerprint density at radius 2 is 2.00 bits per heavy atom. The van der Waals surface area contributed by atoms with Gasteiger partial charge < -0.3 is 5.73 Å². The van der Waals surface area contributed by atoms with Crippen LogP contribution in [0.2, 0.25) is 0 Å². The van der Waals surface area contributed by atoms with E-state index >= 15 is 0 Å². The molecule has 0 unspecified atom stereocenters. The van der Waals surface area contributed by atoms with Gasteiger partial charge in [-0.2, -0.15) is 5.10 Å². The maximum absolute atomic E-state index is 6.09. The molecule has 0 radical (unpaired) electrons. The highest BCUT2D eigenvalue weighted by atomic mass is 15.3. The second-order valence-electron chi connectivity index (χ2n) is 4.40. The first-order valence-corrected chi connectivity index (χ1v) is 5.69. The van der Waals surface area contributed by atoms with Crippen LogP contribution in [0.4, 0.5) is 5.82 Å². The van der Waals surface area contributed by atoms with Crippen LogP contribution >= 0.6 is 0 Å². The van der Waals surface area contributed by atoms with Gasteiger partial charge >= 0.3 is 0 Å². The first-order valence-electron chi connectivity index (χ1n) is 5.69. The third-order valence-electron chi connectivity index (χ3n) is 3.10. The molecule has 2 aromatic rings. The smallest absolute Gasteiger partial charge is 0.125 e. The van der Waals surface area contributed by atoms with Crippen molar-refractivity contribution in [2.75, 3.05) is 5.73 Å². The van der Waals surface area contributed by atoms with Gasteiger partial charge in [0.05, 0.1) is 12.7 Å². The van der Waals surface area contributed by atoms with E-state index in [0.29, 0.717) is 5.92 Å². The Hall–Kier alpha value is -1.77. The van der Waals surface area contributed by atoms with E-state index in [0.717, 1.165) is 12.4 Å². The van der Waals surface area contributed by atoms with Gasteiger partial charge in [-0.15, -0.1) is 0 Å². The van der Waals surface area contributed by atoms with Crippen LogP contribution in [0, 0.1) is 0 Å². The maximum Gasteiger partial charge on any atom is 0.125 e. The molecule has 0 aliphatic heterocycles. The number of benzene rings is 1. The van der Waals surface area contributed by atoms with Gasteiger partial charge in [0, 0.05) is 5.56 Å². The lowest BCUT2D eigenvalue weighted by Gasteiger charge is -2.04. The maximum atomic E-state index is 6.09. The van der Waals surface area contributed by atoms with Gasteiger partial charge in [-0.25, -0.2) is 4.68 Å². The van der Waals surface area contributed by atoms with Crippen molar-refractivity contribution in [3.05, 3.63) is 47.7 Å². The summed E-state index contributed by atoms with van der Waals surface area (Å²) >= 11 is 0. The number of hydrogen-bond acceptors (Lipinski definition) is 2. The van der Waals surface area contributed by atoms with Crippen LogP contribution in [0.1, 0.15) is 29.9 Å². The van der Waals surface area contributed by atoms with Crippen LogP contribution in [-0.4, -0.2) is 9.78 Å². The van der Waals surface area contributed by atoms with Gasteiger partial charge in [0.15, 0.2) is 0 Å². The predicted molar refractivity (Wildman–Crippen MR) is 64.2 cm³/mol. The highest BCUT2D eigenvalue weighted by Crippen LogP contribution is 2.42. The van der Waals surface area contributed by atoms with Crippen LogP contribution in [0.3, 0.4) is 0 Å². The molecule has 82 valence electrons. The van der Waals surface area contributed by atoms with Crippen molar-refractivity contribution in [1.29, 1.82) is 0 Å². The zero-order valence-corrected chi connectivity index (χ0v) is 9.13. The van der Waals surface area contributed by atoms with Crippen LogP contribution < -0.4 is 5.73 Å². The largest absolute Gasteiger partial charge is 0.384 e. The molecule has 3 heteroatoms. The zero-order chi connectivity index (χ0) is 11.0. The molecule has 1 aliphatic rings. The summed E-state index contributed by atoms with van der Waals surface area (Å²) < 4.78 is 1.89. The predicted octanol–water partition coefficient (Wildman–Crippen LogP) is 2.39. The minimum Gasteiger partial charge on any atom is -0.384 e. The van der Waals surface area contributed by atoms with Gasteiger partial charge in [-0.05, 0) is 24.3 Å². The Balaban J connectivity index is 1.84. The Kier molecular flexibility index (Phi) is 2.17. The molecule has 3 rings (SSSR count). The van der Waals surface area contributed by atoms with E-state index in [1.165, 1.54) is 24.0 Å². The van der Waals surface area contributed by atoms with Crippen LogP contribution in [-0.2, 0) is 6.54 Å². The Morgan fingerprint density at radius 3 is 2.69 bits per heavy atom. The normalized spacial score (nSPS) is 15.2. The second kappa shape index (κ2) is 3.67. The number of anilines is 1. The topological polar surface area (TPSA) is 43.8 Å². The molecule has 1 aromatic heterocycles. The summed E-state index contributed by atoms with van der Waals surface area (Å²) in [7, 11) is 0. The average Bonchev–Trinajstić information content (AvgIpc) is 3.08. The summed E-state index contributed by atoms with van der Waals surface area (Å²) in [6.07, 6.45) is 4.46. The number of nitrogens with zero attached hydrogens (tertiary/aromatic N) is 2. The van der Waals surface area contributed by atoms with Gasteiger partial charge in [0.25, 0.3) is 0 Å². The lowest BCUT2D eigenvalue weighted by molar-refractivity contribution is 0.697. The minimum atomic E-state index is 0.671. The third-order valence-corrected chi connectivity index (χ3v) is 3.10. The van der Waals surface area contributed by atoms with E-state index in [1.54, 1.807) is 0 Å². The summed E-state index contributed by atoms with van der Waals surface area (Å²) in [6, 6.07) is 10.3. The molecule has 0 amide bonds. The SMILES string of the molecule is Nc1c(C2CC2)cnn1Cc1ccccc1. The molecule has 1 heterocycles. The van der Waals surface area contributed by atoms with Crippen LogP contribution in [0.5, 0.6) is 0 Å². The second-order valence-corrected chi connectivity index (χ2v) is 4.40. The molecule has 1 aliphatic carbocycles. The van der Waals surface area contributed by atoms with Crippen molar-refractivity contribution in [1.82, 2.24) is 9.78 Å². The fourth-order valence-corrected chi connectivity index (χ4v) is 2.00. The molecule has 1 aromatic carbocycles. The van der Waals surface area contributed by atoms with Crippen molar-refractivity contribution in [3.8, 4) is 0 Å². The van der Waals surface area contributed by atoms with Gasteiger partial charge in [-0.1, -0.05) is 30.3 Å². The molecule has 1 saturated carbocycles. The molecule has 0 spiro atoms. The third kappa shape index (κ3) is 1.69. The molecule has 0 atom stereocenters. The summed E-state index contributed by atoms with van der Waals surface area (Å²) in [5.41, 5.74) is 8.56. The first-order chi connectivity index (χ1) is 7.84. The first kappa shape index (κ1) is 9.46. The van der Waals surface area contributed by atoms with E-state index in [-0.39, 0.29) is 0 Å². The number of nitrogen functional groups attached to an aromatic ring is 1. The Labute approximate surface area is 94.9 Å². The quantitative estimate of drug-likeness (QED) is 0.850. The Morgan fingerprint density at radius 1 is 1.25 bits per heavy atom. The summed E-state index contributed by atoms with van der Waals surface area (Å²) in [4.78, 5) is 0. The van der Waals surface area contributed by atoms with Gasteiger partial charge in [0.2, 0.25) is 0 Å². The molecule has 3 nitrogen and oxygen atoms in total. The molecule has 0 bridgehead atoms. The monoisotopic (exact) mass is 213 g/mol. The van der Waals surface area contributed by atoms with E-state index in [1.807, 2.05) is 29.1 Å². The highest BCUT2D eigenvalue weighted by molar-refractivity contribution is 5.43. The van der Waals surface area contributed by atoms with Crippen molar-refractivity contribution >= 4 is 5.82 Å². The van der Waals surface area contributed by atoms with Crippen molar-refractivity contribution < 1.29 is 0 Å². The fourth-order valence-electron chi connectivity index (χ4n) is 2.00. The van der Waals surface area contributed by atoms with E-state index in [2.05, 4.69) is 17.2 Å². The van der Waals surface area contributed by atoms with E-state index in [4.69, 9.17) is 5.73 Å². The fraction of sp³-hybridized carbons (Fsp3) is 0.308. The number of rotatable bonds is 3. The molecule has 0 saturated heterocycles. The summed E-state index contributed by atoms with van der Waals surface area (Å²) in [6.45, 7) is 0.763. The van der Waals surface area contributed by atoms with Crippen molar-refractivity contribution in [2.24, 2.45) is 0 Å². The average molecular weight is 213 g/mol. The lowest BCUT2D eigenvalue weighted by Crippen LogP contribution is -2.06. The summed E-state index contributed by atoms with van der Waals surface area (Å²) in [5.74, 6) is 1.51. The molecule has 2 N–H and O–H groups in total. The highest BCUT2D eigenvalue weighted by Gasteiger charge is 2.27. The standard InChI is InChI=1S/C13H15N3/c14-13-12(11-6-7-11)8-15-16(13)9-10-4-2-1-3-5-10/h1-5,8,11H,6-7,9,14H2. The van der Waals surface area contributed by atoms with E-state index < -0.39 is 0 Å². The molecular formula is C13H15N3.